The maximum Gasteiger partial charge on any atom is 0.255 e. The van der Waals surface area contributed by atoms with Gasteiger partial charge in [-0.2, -0.15) is 0 Å². The van der Waals surface area contributed by atoms with Crippen LogP contribution in [0.3, 0.4) is 0 Å². The van der Waals surface area contributed by atoms with E-state index in [1.807, 2.05) is 0 Å². The molecule has 0 fully saturated rings. The van der Waals surface area contributed by atoms with Crippen molar-refractivity contribution in [2.45, 2.75) is 5.75 Å². The summed E-state index contributed by atoms with van der Waals surface area (Å²) in [4.78, 5) is 12.0. The summed E-state index contributed by atoms with van der Waals surface area (Å²) in [5.41, 5.74) is 1.09. The van der Waals surface area contributed by atoms with Crippen LogP contribution in [0.2, 0.25) is 5.02 Å². The summed E-state index contributed by atoms with van der Waals surface area (Å²) in [6.07, 6.45) is 0. The highest BCUT2D eigenvalue weighted by atomic mass is 35.5. The standard InChI is InChI=1S/C16H15ClN2O4S/c17-14-4-2-1-3-11(14)10-24(21,22)19-12-5-6-15-13(9-12)16(20)18-7-8-23-15/h1-6,9,19H,7-8,10H2,(H,18,20). The maximum absolute atomic E-state index is 12.3. The number of halogens is 1. The molecule has 2 aromatic carbocycles. The number of carbonyl (C=O) groups is 1. The van der Waals surface area contributed by atoms with Crippen LogP contribution in [-0.2, 0) is 15.8 Å². The summed E-state index contributed by atoms with van der Waals surface area (Å²) in [7, 11) is -3.67. The van der Waals surface area contributed by atoms with E-state index >= 15 is 0 Å². The number of hydrogen-bond donors (Lipinski definition) is 2. The molecule has 8 heteroatoms. The maximum atomic E-state index is 12.3. The molecular formula is C16H15ClN2O4S. The van der Waals surface area contributed by atoms with E-state index in [0.29, 0.717) is 40.7 Å². The number of sulfonamides is 1. The Hall–Kier alpha value is -2.25. The fraction of sp³-hybridized carbons (Fsp3) is 0.188. The molecule has 1 heterocycles. The second-order valence-corrected chi connectivity index (χ2v) is 7.40. The van der Waals surface area contributed by atoms with Gasteiger partial charge in [0.1, 0.15) is 12.4 Å². The summed E-state index contributed by atoms with van der Waals surface area (Å²) < 4.78 is 32.6. The van der Waals surface area contributed by atoms with Gasteiger partial charge in [-0.05, 0) is 29.8 Å². The Morgan fingerprint density at radius 1 is 1.21 bits per heavy atom. The van der Waals surface area contributed by atoms with Crippen LogP contribution in [0.5, 0.6) is 5.75 Å². The lowest BCUT2D eigenvalue weighted by Gasteiger charge is -2.11. The Bertz CT molecular complexity index is 883. The van der Waals surface area contributed by atoms with Gasteiger partial charge in [0.2, 0.25) is 10.0 Å². The second-order valence-electron chi connectivity index (χ2n) is 5.27. The van der Waals surface area contributed by atoms with Crippen LogP contribution in [0.25, 0.3) is 0 Å². The average Bonchev–Trinajstić information content (AvgIpc) is 2.71. The van der Waals surface area contributed by atoms with Gasteiger partial charge in [-0.1, -0.05) is 29.8 Å². The molecule has 2 N–H and O–H groups in total. The molecule has 126 valence electrons. The first-order valence-electron chi connectivity index (χ1n) is 7.23. The van der Waals surface area contributed by atoms with Crippen LogP contribution in [0.1, 0.15) is 15.9 Å². The Morgan fingerprint density at radius 2 is 2.00 bits per heavy atom. The number of carbonyl (C=O) groups excluding carboxylic acids is 1. The quantitative estimate of drug-likeness (QED) is 0.870. The van der Waals surface area contributed by atoms with Gasteiger partial charge in [-0.3, -0.25) is 9.52 Å². The fourth-order valence-corrected chi connectivity index (χ4v) is 3.85. The Labute approximate surface area is 144 Å². The smallest absolute Gasteiger partial charge is 0.255 e. The molecule has 2 aromatic rings. The predicted octanol–water partition coefficient (Wildman–Crippen LogP) is 2.40. The van der Waals surface area contributed by atoms with Crippen LogP contribution in [0, 0.1) is 0 Å². The minimum Gasteiger partial charge on any atom is -0.491 e. The second kappa shape index (κ2) is 6.70. The van der Waals surface area contributed by atoms with Crippen LogP contribution in [0.4, 0.5) is 5.69 Å². The largest absolute Gasteiger partial charge is 0.491 e. The van der Waals surface area contributed by atoms with E-state index < -0.39 is 10.0 Å². The third-order valence-corrected chi connectivity index (χ3v) is 5.05. The average molecular weight is 367 g/mol. The minimum absolute atomic E-state index is 0.257. The minimum atomic E-state index is -3.67. The number of fused-ring (bicyclic) bond motifs is 1. The highest BCUT2D eigenvalue weighted by Crippen LogP contribution is 2.25. The number of nitrogens with one attached hydrogen (secondary N) is 2. The molecule has 0 spiro atoms. The monoisotopic (exact) mass is 366 g/mol. The lowest BCUT2D eigenvalue weighted by molar-refractivity contribution is 0.0957. The number of benzene rings is 2. The summed E-state index contributed by atoms with van der Waals surface area (Å²) in [6.45, 7) is 0.775. The lowest BCUT2D eigenvalue weighted by atomic mass is 10.1. The van der Waals surface area contributed by atoms with Crippen LogP contribution < -0.4 is 14.8 Å². The van der Waals surface area contributed by atoms with Crippen LogP contribution in [-0.4, -0.2) is 27.5 Å². The van der Waals surface area contributed by atoms with E-state index in [4.69, 9.17) is 16.3 Å². The van der Waals surface area contributed by atoms with Crippen LogP contribution >= 0.6 is 11.6 Å². The molecule has 0 saturated heterocycles. The third kappa shape index (κ3) is 3.80. The molecular weight excluding hydrogens is 352 g/mol. The Kier molecular flexibility index (Phi) is 4.64. The van der Waals surface area contributed by atoms with Crippen molar-refractivity contribution in [3.8, 4) is 5.75 Å². The number of hydrogen-bond acceptors (Lipinski definition) is 4. The van der Waals surface area contributed by atoms with E-state index in [2.05, 4.69) is 10.0 Å². The fourth-order valence-electron chi connectivity index (χ4n) is 2.35. The first kappa shape index (κ1) is 16.6. The molecule has 0 radical (unpaired) electrons. The molecule has 0 unspecified atom stereocenters. The van der Waals surface area contributed by atoms with Gasteiger partial charge in [-0.15, -0.1) is 0 Å². The molecule has 6 nitrogen and oxygen atoms in total. The Balaban J connectivity index is 1.83. The van der Waals surface area contributed by atoms with Gasteiger partial charge in [0.25, 0.3) is 5.91 Å². The van der Waals surface area contributed by atoms with Crippen molar-refractivity contribution in [3.63, 3.8) is 0 Å². The van der Waals surface area contributed by atoms with Gasteiger partial charge in [-0.25, -0.2) is 8.42 Å². The van der Waals surface area contributed by atoms with Gasteiger partial charge in [0.15, 0.2) is 0 Å². The van der Waals surface area contributed by atoms with E-state index in [1.54, 1.807) is 36.4 Å². The van der Waals surface area contributed by atoms with E-state index in [9.17, 15) is 13.2 Å². The first-order valence-corrected chi connectivity index (χ1v) is 9.26. The zero-order valence-electron chi connectivity index (χ0n) is 12.6. The molecule has 0 atom stereocenters. The summed E-state index contributed by atoms with van der Waals surface area (Å²) in [5.74, 6) is -0.124. The van der Waals surface area contributed by atoms with Crippen molar-refractivity contribution in [2.75, 3.05) is 17.9 Å². The summed E-state index contributed by atoms with van der Waals surface area (Å²) >= 11 is 6.00. The molecule has 1 aliphatic heterocycles. The third-order valence-electron chi connectivity index (χ3n) is 3.45. The predicted molar refractivity (Wildman–Crippen MR) is 92.0 cm³/mol. The molecule has 1 amide bonds. The molecule has 0 saturated carbocycles. The molecule has 1 aliphatic rings. The van der Waals surface area contributed by atoms with Crippen molar-refractivity contribution in [1.82, 2.24) is 5.32 Å². The van der Waals surface area contributed by atoms with Crippen molar-refractivity contribution in [1.29, 1.82) is 0 Å². The number of rotatable bonds is 4. The lowest BCUT2D eigenvalue weighted by Crippen LogP contribution is -2.24. The van der Waals surface area contributed by atoms with E-state index in [0.717, 1.165) is 0 Å². The zero-order valence-corrected chi connectivity index (χ0v) is 14.2. The van der Waals surface area contributed by atoms with E-state index in [-0.39, 0.29) is 11.7 Å². The summed E-state index contributed by atoms with van der Waals surface area (Å²) in [6, 6.07) is 11.3. The van der Waals surface area contributed by atoms with Crippen molar-refractivity contribution < 1.29 is 17.9 Å². The first-order chi connectivity index (χ1) is 11.4. The SMILES string of the molecule is O=C1NCCOc2ccc(NS(=O)(=O)Cc3ccccc3Cl)cc21. The molecule has 0 bridgehead atoms. The molecule has 3 rings (SSSR count). The van der Waals surface area contributed by atoms with Crippen molar-refractivity contribution in [2.24, 2.45) is 0 Å². The topological polar surface area (TPSA) is 84.5 Å². The van der Waals surface area contributed by atoms with Gasteiger partial charge in [0.05, 0.1) is 17.9 Å². The van der Waals surface area contributed by atoms with Gasteiger partial charge in [0, 0.05) is 10.7 Å². The van der Waals surface area contributed by atoms with Crippen LogP contribution in [0.15, 0.2) is 42.5 Å². The number of ether oxygens (including phenoxy) is 1. The normalized spacial score (nSPS) is 14.1. The molecule has 0 aromatic heterocycles. The van der Waals surface area contributed by atoms with Gasteiger partial charge < -0.3 is 10.1 Å². The summed E-state index contributed by atoms with van der Waals surface area (Å²) in [5, 5.41) is 3.07. The number of amides is 1. The zero-order chi connectivity index (χ0) is 17.2. The van der Waals surface area contributed by atoms with Gasteiger partial charge >= 0.3 is 0 Å². The van der Waals surface area contributed by atoms with Crippen molar-refractivity contribution in [3.05, 3.63) is 58.6 Å². The van der Waals surface area contributed by atoms with E-state index in [1.165, 1.54) is 6.07 Å². The molecule has 0 aliphatic carbocycles. The highest BCUT2D eigenvalue weighted by Gasteiger charge is 2.19. The Morgan fingerprint density at radius 3 is 2.79 bits per heavy atom. The highest BCUT2D eigenvalue weighted by molar-refractivity contribution is 7.91. The molecule has 24 heavy (non-hydrogen) atoms. The number of anilines is 1. The van der Waals surface area contributed by atoms with Crippen molar-refractivity contribution >= 4 is 33.2 Å².